The van der Waals surface area contributed by atoms with E-state index in [-0.39, 0.29) is 23.9 Å². The van der Waals surface area contributed by atoms with E-state index in [9.17, 15) is 9.18 Å². The number of carbonyl (C=O) groups excluding carboxylic acids is 1. The maximum atomic E-state index is 13.2. The first-order valence-electron chi connectivity index (χ1n) is 6.04. The normalized spacial score (nSPS) is 11.2. The van der Waals surface area contributed by atoms with Crippen LogP contribution in [0.15, 0.2) is 18.2 Å². The van der Waals surface area contributed by atoms with Crippen LogP contribution in [0.25, 0.3) is 0 Å². The van der Waals surface area contributed by atoms with Gasteiger partial charge in [-0.3, -0.25) is 4.79 Å². The molecule has 0 spiro atoms. The fourth-order valence-corrected chi connectivity index (χ4v) is 1.31. The van der Waals surface area contributed by atoms with Crippen molar-refractivity contribution in [2.24, 2.45) is 0 Å². The minimum atomic E-state index is -0.332. The summed E-state index contributed by atoms with van der Waals surface area (Å²) < 4.78 is 18.5. The predicted molar refractivity (Wildman–Crippen MR) is 69.1 cm³/mol. The molecule has 0 aliphatic heterocycles. The molecule has 0 fully saturated rings. The smallest absolute Gasteiger partial charge is 0.258 e. The van der Waals surface area contributed by atoms with Gasteiger partial charge in [0.1, 0.15) is 11.6 Å². The highest BCUT2D eigenvalue weighted by atomic mass is 19.1. The lowest BCUT2D eigenvalue weighted by Gasteiger charge is -2.24. The van der Waals surface area contributed by atoms with Gasteiger partial charge < -0.3 is 10.1 Å². The SMILES string of the molecule is CCC(C)(C)NC(=O)COc1ccc(C)c(F)c1. The standard InChI is InChI=1S/C14H20FNO2/c1-5-14(3,4)16-13(17)9-18-11-7-6-10(2)12(15)8-11/h6-8H,5,9H2,1-4H3,(H,16,17). The zero-order valence-corrected chi connectivity index (χ0v) is 11.3. The van der Waals surface area contributed by atoms with Gasteiger partial charge >= 0.3 is 0 Å². The molecular formula is C14H20FNO2. The average molecular weight is 253 g/mol. The molecular weight excluding hydrogens is 233 g/mol. The fourth-order valence-electron chi connectivity index (χ4n) is 1.31. The summed E-state index contributed by atoms with van der Waals surface area (Å²) in [5.41, 5.74) is 0.304. The second kappa shape index (κ2) is 5.85. The first-order chi connectivity index (χ1) is 8.34. The Hall–Kier alpha value is -1.58. The number of rotatable bonds is 5. The van der Waals surface area contributed by atoms with Crippen LogP contribution in [-0.4, -0.2) is 18.1 Å². The van der Waals surface area contributed by atoms with Crippen molar-refractivity contribution in [3.8, 4) is 5.75 Å². The van der Waals surface area contributed by atoms with Crippen molar-refractivity contribution in [2.75, 3.05) is 6.61 Å². The lowest BCUT2D eigenvalue weighted by Crippen LogP contribution is -2.44. The third kappa shape index (κ3) is 4.35. The van der Waals surface area contributed by atoms with Gasteiger partial charge in [-0.05, 0) is 38.8 Å². The molecule has 1 N–H and O–H groups in total. The average Bonchev–Trinajstić information content (AvgIpc) is 2.30. The number of hydrogen-bond donors (Lipinski definition) is 1. The van der Waals surface area contributed by atoms with Crippen LogP contribution in [0, 0.1) is 12.7 Å². The number of aryl methyl sites for hydroxylation is 1. The van der Waals surface area contributed by atoms with E-state index in [1.165, 1.54) is 6.07 Å². The predicted octanol–water partition coefficient (Wildman–Crippen LogP) is 2.82. The van der Waals surface area contributed by atoms with Crippen LogP contribution in [0.4, 0.5) is 4.39 Å². The molecule has 0 atom stereocenters. The Morgan fingerprint density at radius 1 is 1.44 bits per heavy atom. The summed E-state index contributed by atoms with van der Waals surface area (Å²) in [6.07, 6.45) is 0.831. The fraction of sp³-hybridized carbons (Fsp3) is 0.500. The molecule has 18 heavy (non-hydrogen) atoms. The number of ether oxygens (including phenoxy) is 1. The van der Waals surface area contributed by atoms with Gasteiger partial charge in [0.15, 0.2) is 6.61 Å². The largest absolute Gasteiger partial charge is 0.484 e. The molecule has 0 aromatic heterocycles. The highest BCUT2D eigenvalue weighted by molar-refractivity contribution is 5.78. The van der Waals surface area contributed by atoms with Crippen molar-refractivity contribution in [3.05, 3.63) is 29.6 Å². The molecule has 1 aromatic carbocycles. The molecule has 1 rings (SSSR count). The third-order valence-electron chi connectivity index (χ3n) is 2.87. The van der Waals surface area contributed by atoms with E-state index in [4.69, 9.17) is 4.74 Å². The highest BCUT2D eigenvalue weighted by Gasteiger charge is 2.17. The summed E-state index contributed by atoms with van der Waals surface area (Å²) in [7, 11) is 0. The minimum absolute atomic E-state index is 0.105. The van der Waals surface area contributed by atoms with E-state index in [1.807, 2.05) is 20.8 Å². The summed E-state index contributed by atoms with van der Waals surface area (Å²) in [5, 5.41) is 2.84. The van der Waals surface area contributed by atoms with Crippen molar-refractivity contribution in [2.45, 2.75) is 39.7 Å². The molecule has 0 radical (unpaired) electrons. The Morgan fingerprint density at radius 3 is 2.67 bits per heavy atom. The maximum Gasteiger partial charge on any atom is 0.258 e. The monoisotopic (exact) mass is 253 g/mol. The Labute approximate surface area is 107 Å². The Morgan fingerprint density at radius 2 is 2.11 bits per heavy atom. The van der Waals surface area contributed by atoms with Crippen LogP contribution in [0.5, 0.6) is 5.75 Å². The van der Waals surface area contributed by atoms with Gasteiger partial charge in [-0.1, -0.05) is 13.0 Å². The van der Waals surface area contributed by atoms with Crippen molar-refractivity contribution >= 4 is 5.91 Å². The number of amides is 1. The molecule has 4 heteroatoms. The van der Waals surface area contributed by atoms with Crippen LogP contribution in [0.3, 0.4) is 0 Å². The van der Waals surface area contributed by atoms with E-state index >= 15 is 0 Å². The van der Waals surface area contributed by atoms with Gasteiger partial charge in [0, 0.05) is 11.6 Å². The molecule has 0 aliphatic rings. The number of hydrogen-bond acceptors (Lipinski definition) is 2. The minimum Gasteiger partial charge on any atom is -0.484 e. The maximum absolute atomic E-state index is 13.2. The number of nitrogens with one attached hydrogen (secondary N) is 1. The lowest BCUT2D eigenvalue weighted by atomic mass is 10.0. The van der Waals surface area contributed by atoms with Crippen LogP contribution in [0.1, 0.15) is 32.8 Å². The van der Waals surface area contributed by atoms with Crippen LogP contribution < -0.4 is 10.1 Å². The van der Waals surface area contributed by atoms with Gasteiger partial charge in [-0.15, -0.1) is 0 Å². The van der Waals surface area contributed by atoms with Crippen molar-refractivity contribution in [1.82, 2.24) is 5.32 Å². The van der Waals surface area contributed by atoms with Gasteiger partial charge in [-0.2, -0.15) is 0 Å². The highest BCUT2D eigenvalue weighted by Crippen LogP contribution is 2.15. The van der Waals surface area contributed by atoms with E-state index in [0.29, 0.717) is 11.3 Å². The molecule has 1 amide bonds. The van der Waals surface area contributed by atoms with Gasteiger partial charge in [0.2, 0.25) is 0 Å². The summed E-state index contributed by atoms with van der Waals surface area (Å²) >= 11 is 0. The summed E-state index contributed by atoms with van der Waals surface area (Å²) in [4.78, 5) is 11.6. The number of benzene rings is 1. The molecule has 3 nitrogen and oxygen atoms in total. The first kappa shape index (κ1) is 14.5. The molecule has 0 aliphatic carbocycles. The van der Waals surface area contributed by atoms with Crippen LogP contribution >= 0.6 is 0 Å². The van der Waals surface area contributed by atoms with E-state index in [1.54, 1.807) is 19.1 Å². The second-order valence-electron chi connectivity index (χ2n) is 4.99. The summed E-state index contributed by atoms with van der Waals surface area (Å²) in [5.74, 6) is -0.174. The Kier molecular flexibility index (Phi) is 4.70. The van der Waals surface area contributed by atoms with E-state index in [0.717, 1.165) is 6.42 Å². The zero-order chi connectivity index (χ0) is 13.8. The summed E-state index contributed by atoms with van der Waals surface area (Å²) in [6.45, 7) is 7.45. The van der Waals surface area contributed by atoms with Gasteiger partial charge in [0.05, 0.1) is 0 Å². The Bertz CT molecular complexity index is 430. The van der Waals surface area contributed by atoms with E-state index < -0.39 is 0 Å². The molecule has 0 bridgehead atoms. The third-order valence-corrected chi connectivity index (χ3v) is 2.87. The quantitative estimate of drug-likeness (QED) is 0.876. The van der Waals surface area contributed by atoms with Gasteiger partial charge in [0.25, 0.3) is 5.91 Å². The second-order valence-corrected chi connectivity index (χ2v) is 4.99. The molecule has 0 heterocycles. The number of carbonyl (C=O) groups is 1. The lowest BCUT2D eigenvalue weighted by molar-refractivity contribution is -0.124. The van der Waals surface area contributed by atoms with Crippen molar-refractivity contribution in [1.29, 1.82) is 0 Å². The first-order valence-corrected chi connectivity index (χ1v) is 6.04. The van der Waals surface area contributed by atoms with Crippen molar-refractivity contribution in [3.63, 3.8) is 0 Å². The van der Waals surface area contributed by atoms with Crippen LogP contribution in [0.2, 0.25) is 0 Å². The van der Waals surface area contributed by atoms with Gasteiger partial charge in [-0.25, -0.2) is 4.39 Å². The molecule has 100 valence electrons. The Balaban J connectivity index is 2.50. The van der Waals surface area contributed by atoms with E-state index in [2.05, 4.69) is 5.32 Å². The molecule has 0 saturated carbocycles. The molecule has 0 unspecified atom stereocenters. The summed E-state index contributed by atoms with van der Waals surface area (Å²) in [6, 6.07) is 4.56. The zero-order valence-electron chi connectivity index (χ0n) is 11.3. The van der Waals surface area contributed by atoms with Crippen molar-refractivity contribution < 1.29 is 13.9 Å². The molecule has 1 aromatic rings. The molecule has 0 saturated heterocycles. The number of halogens is 1. The topological polar surface area (TPSA) is 38.3 Å². The van der Waals surface area contributed by atoms with Crippen LogP contribution in [-0.2, 0) is 4.79 Å².